The topological polar surface area (TPSA) is 84.9 Å². The van der Waals surface area contributed by atoms with Crippen molar-refractivity contribution in [2.24, 2.45) is 5.92 Å². The van der Waals surface area contributed by atoms with E-state index in [0.29, 0.717) is 49.3 Å². The highest BCUT2D eigenvalue weighted by molar-refractivity contribution is 5.94. The van der Waals surface area contributed by atoms with E-state index >= 15 is 0 Å². The van der Waals surface area contributed by atoms with E-state index < -0.39 is 0 Å². The van der Waals surface area contributed by atoms with E-state index in [2.05, 4.69) is 14.9 Å². The van der Waals surface area contributed by atoms with Gasteiger partial charge in [-0.15, -0.1) is 0 Å². The van der Waals surface area contributed by atoms with Crippen LogP contribution in [0, 0.1) is 5.92 Å². The lowest BCUT2D eigenvalue weighted by molar-refractivity contribution is 0.0598. The number of hydrogen-bond acceptors (Lipinski definition) is 7. The number of carbonyl (C=O) groups excluding carboxylic acids is 2. The van der Waals surface area contributed by atoms with Crippen molar-refractivity contribution in [3.05, 3.63) is 53.3 Å². The number of carbonyl (C=O) groups is 2. The van der Waals surface area contributed by atoms with Crippen molar-refractivity contribution in [1.82, 2.24) is 14.9 Å². The number of morpholine rings is 1. The van der Waals surface area contributed by atoms with Crippen LogP contribution >= 0.6 is 0 Å². The predicted octanol–water partition coefficient (Wildman–Crippen LogP) is 1.80. The van der Waals surface area contributed by atoms with E-state index in [1.54, 1.807) is 18.5 Å². The molecule has 2 aliphatic rings. The van der Waals surface area contributed by atoms with Gasteiger partial charge in [0, 0.05) is 38.6 Å². The van der Waals surface area contributed by atoms with Gasteiger partial charge in [-0.3, -0.25) is 4.79 Å². The van der Waals surface area contributed by atoms with Crippen LogP contribution in [0.15, 0.2) is 36.7 Å². The van der Waals surface area contributed by atoms with Gasteiger partial charge in [0.25, 0.3) is 5.91 Å². The summed E-state index contributed by atoms with van der Waals surface area (Å²) in [7, 11) is 1.39. The molecule has 1 atom stereocenters. The van der Waals surface area contributed by atoms with Crippen molar-refractivity contribution in [3.8, 4) is 0 Å². The largest absolute Gasteiger partial charge is 0.465 e. The zero-order valence-electron chi connectivity index (χ0n) is 17.1. The monoisotopic (exact) mass is 410 g/mol. The molecule has 2 aromatic rings. The second-order valence-electron chi connectivity index (χ2n) is 7.63. The lowest BCUT2D eigenvalue weighted by atomic mass is 9.95. The molecule has 0 saturated carbocycles. The third-order valence-electron chi connectivity index (χ3n) is 5.68. The molecule has 1 aromatic heterocycles. The van der Waals surface area contributed by atoms with Crippen molar-refractivity contribution in [2.75, 3.05) is 51.4 Å². The maximum absolute atomic E-state index is 12.9. The number of aromatic nitrogens is 2. The smallest absolute Gasteiger partial charge is 0.338 e. The Hall–Kier alpha value is -3.00. The summed E-state index contributed by atoms with van der Waals surface area (Å²) in [6.45, 7) is 4.19. The number of nitrogens with zero attached hydrogens (tertiary/aromatic N) is 4. The van der Waals surface area contributed by atoms with Crippen LogP contribution in [0.2, 0.25) is 0 Å². The summed E-state index contributed by atoms with van der Waals surface area (Å²) >= 11 is 0. The lowest BCUT2D eigenvalue weighted by Crippen LogP contribution is -2.37. The molecule has 0 N–H and O–H groups in total. The molecular weight excluding hydrogens is 384 g/mol. The summed E-state index contributed by atoms with van der Waals surface area (Å²) in [4.78, 5) is 37.6. The number of esters is 1. The van der Waals surface area contributed by atoms with Crippen LogP contribution in [0.1, 0.15) is 32.7 Å². The normalized spacial score (nSPS) is 19.0. The standard InChI is InChI=1S/C22H26N4O4/c1-29-21(28)19-5-3-2-4-17(19)12-16-6-7-26(15-16)20(27)18-13-23-22(24-14-18)25-8-10-30-11-9-25/h2-5,13-14,16H,6-12,15H2,1H3. The van der Waals surface area contributed by atoms with Gasteiger partial charge in [-0.1, -0.05) is 18.2 Å². The first-order valence-electron chi connectivity index (χ1n) is 10.3. The second kappa shape index (κ2) is 9.21. The van der Waals surface area contributed by atoms with Gasteiger partial charge in [-0.05, 0) is 30.4 Å². The van der Waals surface area contributed by atoms with Crippen LogP contribution in [0.3, 0.4) is 0 Å². The third-order valence-corrected chi connectivity index (χ3v) is 5.68. The van der Waals surface area contributed by atoms with E-state index in [1.165, 1.54) is 7.11 Å². The summed E-state index contributed by atoms with van der Waals surface area (Å²) in [6, 6.07) is 7.50. The van der Waals surface area contributed by atoms with Crippen LogP contribution in [0.5, 0.6) is 0 Å². The first kappa shape index (κ1) is 20.3. The van der Waals surface area contributed by atoms with Crippen LogP contribution in [0.25, 0.3) is 0 Å². The van der Waals surface area contributed by atoms with Crippen molar-refractivity contribution < 1.29 is 19.1 Å². The van der Waals surface area contributed by atoms with Gasteiger partial charge >= 0.3 is 5.97 Å². The van der Waals surface area contributed by atoms with Crippen molar-refractivity contribution >= 4 is 17.8 Å². The molecule has 1 unspecified atom stereocenters. The number of benzene rings is 1. The summed E-state index contributed by atoms with van der Waals surface area (Å²) < 4.78 is 10.2. The van der Waals surface area contributed by atoms with Crippen LogP contribution in [-0.4, -0.2) is 73.2 Å². The second-order valence-corrected chi connectivity index (χ2v) is 7.63. The van der Waals surface area contributed by atoms with Crippen LogP contribution in [0.4, 0.5) is 5.95 Å². The molecule has 30 heavy (non-hydrogen) atoms. The first-order valence-corrected chi connectivity index (χ1v) is 10.3. The van der Waals surface area contributed by atoms with Crippen molar-refractivity contribution in [2.45, 2.75) is 12.8 Å². The van der Waals surface area contributed by atoms with Crippen molar-refractivity contribution in [3.63, 3.8) is 0 Å². The molecule has 0 spiro atoms. The minimum atomic E-state index is -0.325. The van der Waals surface area contributed by atoms with Gasteiger partial charge in [-0.2, -0.15) is 0 Å². The zero-order chi connectivity index (χ0) is 20.9. The summed E-state index contributed by atoms with van der Waals surface area (Å²) in [5.74, 6) is 0.558. The number of rotatable bonds is 5. The first-order chi connectivity index (χ1) is 14.7. The lowest BCUT2D eigenvalue weighted by Gasteiger charge is -2.26. The third kappa shape index (κ3) is 4.43. The van der Waals surface area contributed by atoms with Crippen LogP contribution < -0.4 is 4.90 Å². The Morgan fingerprint density at radius 3 is 2.60 bits per heavy atom. The Labute approximate surface area is 175 Å². The van der Waals surface area contributed by atoms with Gasteiger partial charge in [0.2, 0.25) is 5.95 Å². The molecule has 2 fully saturated rings. The maximum Gasteiger partial charge on any atom is 0.338 e. The Bertz CT molecular complexity index is 896. The molecule has 1 aromatic carbocycles. The minimum absolute atomic E-state index is 0.0488. The maximum atomic E-state index is 12.9. The molecule has 2 saturated heterocycles. The van der Waals surface area contributed by atoms with Gasteiger partial charge in [0.1, 0.15) is 0 Å². The van der Waals surface area contributed by atoms with Gasteiger partial charge in [0.15, 0.2) is 0 Å². The summed E-state index contributed by atoms with van der Waals surface area (Å²) in [6.07, 6.45) is 4.86. The molecular formula is C22H26N4O4. The zero-order valence-corrected chi connectivity index (χ0v) is 17.1. The highest BCUT2D eigenvalue weighted by Gasteiger charge is 2.28. The Balaban J connectivity index is 1.37. The quantitative estimate of drug-likeness (QED) is 0.695. The molecule has 3 heterocycles. The molecule has 158 valence electrons. The van der Waals surface area contributed by atoms with Crippen molar-refractivity contribution in [1.29, 1.82) is 0 Å². The highest BCUT2D eigenvalue weighted by atomic mass is 16.5. The molecule has 8 nitrogen and oxygen atoms in total. The number of ether oxygens (including phenoxy) is 2. The van der Waals surface area contributed by atoms with E-state index in [0.717, 1.165) is 31.5 Å². The van der Waals surface area contributed by atoms with Crippen LogP contribution in [-0.2, 0) is 15.9 Å². The molecule has 2 aliphatic heterocycles. The van der Waals surface area contributed by atoms with Gasteiger partial charge < -0.3 is 19.3 Å². The molecule has 0 aliphatic carbocycles. The average molecular weight is 410 g/mol. The molecule has 0 radical (unpaired) electrons. The fourth-order valence-corrected chi connectivity index (χ4v) is 4.04. The Morgan fingerprint density at radius 1 is 1.13 bits per heavy atom. The number of methoxy groups -OCH3 is 1. The predicted molar refractivity (Wildman–Crippen MR) is 111 cm³/mol. The fraction of sp³-hybridized carbons (Fsp3) is 0.455. The van der Waals surface area contributed by atoms with Gasteiger partial charge in [-0.25, -0.2) is 14.8 Å². The number of anilines is 1. The van der Waals surface area contributed by atoms with E-state index in [-0.39, 0.29) is 11.9 Å². The molecule has 4 rings (SSSR count). The highest BCUT2D eigenvalue weighted by Crippen LogP contribution is 2.24. The summed E-state index contributed by atoms with van der Waals surface area (Å²) in [5, 5.41) is 0. The number of hydrogen-bond donors (Lipinski definition) is 0. The molecule has 0 bridgehead atoms. The van der Waals surface area contributed by atoms with Gasteiger partial charge in [0.05, 0.1) is 31.5 Å². The number of amides is 1. The summed E-state index contributed by atoms with van der Waals surface area (Å²) in [5.41, 5.74) is 2.06. The Kier molecular flexibility index (Phi) is 6.23. The average Bonchev–Trinajstić information content (AvgIpc) is 3.27. The molecule has 1 amide bonds. The number of likely N-dealkylation sites (tertiary alicyclic amines) is 1. The van der Waals surface area contributed by atoms with E-state index in [1.807, 2.05) is 23.1 Å². The fourth-order valence-electron chi connectivity index (χ4n) is 4.04. The molecule has 8 heteroatoms. The SMILES string of the molecule is COC(=O)c1ccccc1CC1CCN(C(=O)c2cnc(N3CCOCC3)nc2)C1. The van der Waals surface area contributed by atoms with E-state index in [9.17, 15) is 9.59 Å². The minimum Gasteiger partial charge on any atom is -0.465 e. The Morgan fingerprint density at radius 2 is 1.87 bits per heavy atom. The van der Waals surface area contributed by atoms with E-state index in [4.69, 9.17) is 9.47 Å².